The van der Waals surface area contributed by atoms with E-state index >= 15 is 0 Å². The van der Waals surface area contributed by atoms with E-state index in [2.05, 4.69) is 5.32 Å². The molecule has 0 spiro atoms. The first-order chi connectivity index (χ1) is 13.5. The van der Waals surface area contributed by atoms with Gasteiger partial charge in [0.05, 0.1) is 18.2 Å². The molecule has 1 atom stereocenters. The van der Waals surface area contributed by atoms with Crippen LogP contribution < -0.4 is 5.32 Å². The lowest BCUT2D eigenvalue weighted by Gasteiger charge is -2.31. The minimum Gasteiger partial charge on any atom is -0.466 e. The molecule has 1 aliphatic rings. The van der Waals surface area contributed by atoms with E-state index in [1.54, 1.807) is 12.1 Å². The van der Waals surface area contributed by atoms with Crippen LogP contribution in [-0.2, 0) is 15.8 Å². The quantitative estimate of drug-likeness (QED) is 0.604. The number of hydrogen-bond acceptors (Lipinski definition) is 4. The number of aliphatic hydroxyl groups is 1. The highest BCUT2D eigenvalue weighted by molar-refractivity contribution is 7.10. The maximum absolute atomic E-state index is 13.4. The van der Waals surface area contributed by atoms with Crippen LogP contribution in [0.1, 0.15) is 41.9 Å². The highest BCUT2D eigenvalue weighted by Gasteiger charge is 2.44. The molecule has 6 heteroatoms. The number of nitrogens with one attached hydrogen (secondary N) is 1. The molecule has 28 heavy (non-hydrogen) atoms. The van der Waals surface area contributed by atoms with Crippen molar-refractivity contribution in [3.63, 3.8) is 0 Å². The van der Waals surface area contributed by atoms with Crippen molar-refractivity contribution in [1.82, 2.24) is 5.32 Å². The third kappa shape index (κ3) is 3.39. The molecule has 1 saturated carbocycles. The van der Waals surface area contributed by atoms with Crippen molar-refractivity contribution in [2.45, 2.75) is 36.7 Å². The van der Waals surface area contributed by atoms with E-state index in [-0.39, 0.29) is 12.5 Å². The Labute approximate surface area is 173 Å². The summed E-state index contributed by atoms with van der Waals surface area (Å²) in [6.07, 6.45) is 5.12. The first kappa shape index (κ1) is 19.2. The smallest absolute Gasteiger partial charge is 0.230 e. The molecule has 1 fully saturated rings. The summed E-state index contributed by atoms with van der Waals surface area (Å²) in [7, 11) is 0. The number of amides is 1. The van der Waals surface area contributed by atoms with Crippen molar-refractivity contribution in [3.8, 4) is 0 Å². The predicted octanol–water partition coefficient (Wildman–Crippen LogP) is 4.86. The van der Waals surface area contributed by atoms with Gasteiger partial charge in [-0.15, -0.1) is 11.3 Å². The van der Waals surface area contributed by atoms with Crippen molar-refractivity contribution >= 4 is 28.8 Å². The Hall–Kier alpha value is -2.08. The number of halogens is 1. The summed E-state index contributed by atoms with van der Waals surface area (Å²) in [6, 6.07) is 14.7. The number of rotatable bonds is 6. The zero-order valence-corrected chi connectivity index (χ0v) is 16.9. The second kappa shape index (κ2) is 7.74. The Kier molecular flexibility index (Phi) is 5.32. The molecule has 1 amide bonds. The van der Waals surface area contributed by atoms with Crippen LogP contribution in [0.3, 0.4) is 0 Å². The highest BCUT2D eigenvalue weighted by atomic mass is 35.5. The summed E-state index contributed by atoms with van der Waals surface area (Å²) in [4.78, 5) is 14.1. The minimum absolute atomic E-state index is 0.0508. The van der Waals surface area contributed by atoms with Gasteiger partial charge in [-0.05, 0) is 54.1 Å². The van der Waals surface area contributed by atoms with Crippen molar-refractivity contribution in [2.24, 2.45) is 0 Å². The standard InChI is InChI=1S/C22H22ClNO3S/c23-17-9-7-16(8-10-17)21(11-1-2-12-21)20(25)24-15-22(26,18-5-3-13-27-18)19-6-4-14-28-19/h3-10,13-14,26H,1-2,11-12,15H2,(H,24,25). The van der Waals surface area contributed by atoms with E-state index in [1.807, 2.05) is 41.8 Å². The van der Waals surface area contributed by atoms with Crippen LogP contribution in [0, 0.1) is 0 Å². The molecular formula is C22H22ClNO3S. The maximum atomic E-state index is 13.4. The first-order valence-corrected chi connectivity index (χ1v) is 10.7. The second-order valence-electron chi connectivity index (χ2n) is 7.29. The monoisotopic (exact) mass is 415 g/mol. The van der Waals surface area contributed by atoms with Gasteiger partial charge in [-0.2, -0.15) is 0 Å². The van der Waals surface area contributed by atoms with Crippen LogP contribution in [0.15, 0.2) is 64.6 Å². The van der Waals surface area contributed by atoms with Crippen molar-refractivity contribution in [2.75, 3.05) is 6.54 Å². The fourth-order valence-electron chi connectivity index (χ4n) is 4.10. The number of furan rings is 1. The molecule has 4 rings (SSSR count). The average molecular weight is 416 g/mol. The summed E-state index contributed by atoms with van der Waals surface area (Å²) in [5, 5.41) is 17.0. The number of carbonyl (C=O) groups is 1. The van der Waals surface area contributed by atoms with Crippen LogP contribution in [0.4, 0.5) is 0 Å². The van der Waals surface area contributed by atoms with Crippen LogP contribution in [0.25, 0.3) is 0 Å². The van der Waals surface area contributed by atoms with E-state index in [0.29, 0.717) is 10.8 Å². The van der Waals surface area contributed by atoms with Gasteiger partial charge in [0.2, 0.25) is 5.91 Å². The molecule has 0 radical (unpaired) electrons. The number of carbonyl (C=O) groups excluding carboxylic acids is 1. The van der Waals surface area contributed by atoms with Crippen molar-refractivity contribution < 1.29 is 14.3 Å². The zero-order chi connectivity index (χ0) is 19.6. The maximum Gasteiger partial charge on any atom is 0.230 e. The largest absolute Gasteiger partial charge is 0.466 e. The van der Waals surface area contributed by atoms with E-state index in [1.165, 1.54) is 17.6 Å². The molecule has 1 unspecified atom stereocenters. The number of benzene rings is 1. The third-order valence-corrected chi connectivity index (χ3v) is 6.92. The van der Waals surface area contributed by atoms with E-state index in [9.17, 15) is 9.90 Å². The van der Waals surface area contributed by atoms with Gasteiger partial charge in [-0.3, -0.25) is 4.79 Å². The van der Waals surface area contributed by atoms with Crippen molar-refractivity contribution in [1.29, 1.82) is 0 Å². The second-order valence-corrected chi connectivity index (χ2v) is 8.68. The predicted molar refractivity (Wildman–Crippen MR) is 111 cm³/mol. The Balaban J connectivity index is 1.60. The van der Waals surface area contributed by atoms with Crippen LogP contribution in [0.2, 0.25) is 5.02 Å². The topological polar surface area (TPSA) is 62.5 Å². The molecule has 3 aromatic rings. The van der Waals surface area contributed by atoms with Gasteiger partial charge in [-0.1, -0.05) is 42.6 Å². The third-order valence-electron chi connectivity index (χ3n) is 5.65. The summed E-state index contributed by atoms with van der Waals surface area (Å²) in [5.74, 6) is 0.357. The van der Waals surface area contributed by atoms with Gasteiger partial charge in [0.1, 0.15) is 5.76 Å². The molecule has 0 saturated heterocycles. The summed E-state index contributed by atoms with van der Waals surface area (Å²) in [5.41, 5.74) is -0.999. The first-order valence-electron chi connectivity index (χ1n) is 9.39. The lowest BCUT2D eigenvalue weighted by Crippen LogP contribution is -2.48. The summed E-state index contributed by atoms with van der Waals surface area (Å²) < 4.78 is 5.49. The van der Waals surface area contributed by atoms with Gasteiger partial charge in [0, 0.05) is 9.90 Å². The Bertz CT molecular complexity index is 879. The minimum atomic E-state index is -1.40. The molecule has 2 N–H and O–H groups in total. The molecule has 4 nitrogen and oxygen atoms in total. The van der Waals surface area contributed by atoms with Gasteiger partial charge < -0.3 is 14.8 Å². The number of thiophene rings is 1. The molecule has 1 aliphatic carbocycles. The molecule has 1 aromatic carbocycles. The van der Waals surface area contributed by atoms with Crippen LogP contribution in [0.5, 0.6) is 0 Å². The van der Waals surface area contributed by atoms with Gasteiger partial charge >= 0.3 is 0 Å². The SMILES string of the molecule is O=C(NCC(O)(c1ccco1)c1cccs1)C1(c2ccc(Cl)cc2)CCCC1. The molecular weight excluding hydrogens is 394 g/mol. The van der Waals surface area contributed by atoms with Crippen molar-refractivity contribution in [3.05, 3.63) is 81.4 Å². The normalized spacial score (nSPS) is 17.9. The molecule has 2 heterocycles. The lowest BCUT2D eigenvalue weighted by molar-refractivity contribution is -0.127. The fourth-order valence-corrected chi connectivity index (χ4v) is 5.05. The summed E-state index contributed by atoms with van der Waals surface area (Å²) >= 11 is 7.47. The van der Waals surface area contributed by atoms with Crippen LogP contribution in [-0.4, -0.2) is 17.6 Å². The Morgan fingerprint density at radius 2 is 1.93 bits per heavy atom. The molecule has 0 bridgehead atoms. The van der Waals surface area contributed by atoms with E-state index in [0.717, 1.165) is 36.1 Å². The molecule has 146 valence electrons. The Morgan fingerprint density at radius 3 is 2.54 bits per heavy atom. The van der Waals surface area contributed by atoms with E-state index in [4.69, 9.17) is 16.0 Å². The number of hydrogen-bond donors (Lipinski definition) is 2. The molecule has 2 aromatic heterocycles. The zero-order valence-electron chi connectivity index (χ0n) is 15.4. The van der Waals surface area contributed by atoms with E-state index < -0.39 is 11.0 Å². The van der Waals surface area contributed by atoms with Gasteiger partial charge in [0.25, 0.3) is 0 Å². The summed E-state index contributed by atoms with van der Waals surface area (Å²) in [6.45, 7) is 0.0508. The fraction of sp³-hybridized carbons (Fsp3) is 0.318. The average Bonchev–Trinajstić information content (AvgIpc) is 3.48. The Morgan fingerprint density at radius 1 is 1.18 bits per heavy atom. The lowest BCUT2D eigenvalue weighted by atomic mass is 9.78. The van der Waals surface area contributed by atoms with Crippen LogP contribution >= 0.6 is 22.9 Å². The highest BCUT2D eigenvalue weighted by Crippen LogP contribution is 2.42. The van der Waals surface area contributed by atoms with Gasteiger partial charge in [-0.25, -0.2) is 0 Å². The van der Waals surface area contributed by atoms with Gasteiger partial charge in [0.15, 0.2) is 5.60 Å². The molecule has 0 aliphatic heterocycles.